The average Bonchev–Trinajstić information content (AvgIpc) is 2.64. The van der Waals surface area contributed by atoms with Crippen LogP contribution in [0.4, 0.5) is 14.9 Å². The Balaban J connectivity index is 1.79. The number of aromatic nitrogens is 1. The third-order valence-corrected chi connectivity index (χ3v) is 6.31. The third-order valence-electron chi connectivity index (χ3n) is 4.06. The highest BCUT2D eigenvalue weighted by molar-refractivity contribution is 7.90. The second-order valence-corrected chi connectivity index (χ2v) is 8.26. The van der Waals surface area contributed by atoms with Crippen molar-refractivity contribution in [3.63, 3.8) is 0 Å². The quantitative estimate of drug-likeness (QED) is 0.753. The van der Waals surface area contributed by atoms with Crippen molar-refractivity contribution in [1.82, 2.24) is 14.6 Å². The van der Waals surface area contributed by atoms with Gasteiger partial charge < -0.3 is 10.6 Å². The van der Waals surface area contributed by atoms with Crippen LogP contribution in [-0.4, -0.2) is 36.2 Å². The van der Waals surface area contributed by atoms with Gasteiger partial charge in [-0.2, -0.15) is 5.26 Å². The van der Waals surface area contributed by atoms with Crippen LogP contribution in [0.1, 0.15) is 24.2 Å². The minimum absolute atomic E-state index is 0.0105. The Bertz CT molecular complexity index is 1160. The lowest BCUT2D eigenvalue weighted by molar-refractivity contribution is -0.121. The third kappa shape index (κ3) is 3.85. The minimum Gasteiger partial charge on any atom is -0.346 e. The molecule has 2 N–H and O–H groups in total. The maximum atomic E-state index is 14.0. The van der Waals surface area contributed by atoms with Crippen molar-refractivity contribution in [3.8, 4) is 6.07 Å². The predicted octanol–water partition coefficient (Wildman–Crippen LogP) is 2.16. The SMILES string of the molecule is C[C@@H](NC(=O)CN1C(=O)Nc2cccc(Cl)c2S1(=O)=O)c1ncc(C#N)cc1F. The van der Waals surface area contributed by atoms with Crippen LogP contribution in [-0.2, 0) is 14.8 Å². The number of amides is 3. The number of nitrogens with one attached hydrogen (secondary N) is 2. The van der Waals surface area contributed by atoms with Gasteiger partial charge in [0.25, 0.3) is 10.0 Å². The van der Waals surface area contributed by atoms with Crippen molar-refractivity contribution in [3.05, 3.63) is 52.6 Å². The Labute approximate surface area is 170 Å². The highest BCUT2D eigenvalue weighted by Gasteiger charge is 2.39. The average molecular weight is 438 g/mol. The molecule has 0 bridgehead atoms. The molecule has 1 atom stereocenters. The van der Waals surface area contributed by atoms with E-state index in [4.69, 9.17) is 16.9 Å². The van der Waals surface area contributed by atoms with Gasteiger partial charge >= 0.3 is 6.03 Å². The molecule has 2 heterocycles. The Morgan fingerprint density at radius 3 is 2.86 bits per heavy atom. The number of nitriles is 1. The number of rotatable bonds is 4. The molecular formula is C17H13ClFN5O4S. The number of urea groups is 1. The van der Waals surface area contributed by atoms with Crippen molar-refractivity contribution >= 4 is 39.2 Å². The molecule has 1 aromatic carbocycles. The summed E-state index contributed by atoms with van der Waals surface area (Å²) in [6.45, 7) is 0.577. The summed E-state index contributed by atoms with van der Waals surface area (Å²) >= 11 is 5.95. The van der Waals surface area contributed by atoms with E-state index in [0.717, 1.165) is 12.3 Å². The first-order chi connectivity index (χ1) is 13.6. The van der Waals surface area contributed by atoms with Gasteiger partial charge in [0.15, 0.2) is 0 Å². The molecule has 0 spiro atoms. The number of benzene rings is 1. The molecule has 12 heteroatoms. The summed E-state index contributed by atoms with van der Waals surface area (Å²) in [6, 6.07) is 4.92. The normalized spacial score (nSPS) is 15.7. The molecule has 29 heavy (non-hydrogen) atoms. The standard InChI is InChI=1S/C17H13ClFN5O4S/c1-9(15-12(19)5-10(6-20)7-21-15)22-14(25)8-24-17(26)23-13-4-2-3-11(18)16(13)29(24,27)28/h2-5,7,9H,8H2,1H3,(H,22,25)(H,23,26)/t9-/m1/s1. The highest BCUT2D eigenvalue weighted by Crippen LogP contribution is 2.35. The molecule has 1 aliphatic heterocycles. The van der Waals surface area contributed by atoms with Crippen LogP contribution in [0.15, 0.2) is 35.4 Å². The van der Waals surface area contributed by atoms with E-state index >= 15 is 0 Å². The fourth-order valence-electron chi connectivity index (χ4n) is 2.74. The summed E-state index contributed by atoms with van der Waals surface area (Å²) in [5.41, 5.74) is -0.121. The number of hydrogen-bond donors (Lipinski definition) is 2. The first-order valence-corrected chi connectivity index (χ1v) is 9.94. The van der Waals surface area contributed by atoms with Gasteiger partial charge in [-0.15, -0.1) is 0 Å². The molecular weight excluding hydrogens is 425 g/mol. The summed E-state index contributed by atoms with van der Waals surface area (Å²) in [7, 11) is -4.37. The Kier molecular flexibility index (Phi) is 5.41. The van der Waals surface area contributed by atoms with Gasteiger partial charge in [0.1, 0.15) is 23.3 Å². The smallest absolute Gasteiger partial charge is 0.336 e. The molecule has 0 saturated carbocycles. The van der Waals surface area contributed by atoms with Crippen LogP contribution in [0.2, 0.25) is 5.02 Å². The molecule has 0 fully saturated rings. The Morgan fingerprint density at radius 1 is 1.48 bits per heavy atom. The number of halogens is 2. The van der Waals surface area contributed by atoms with Crippen LogP contribution in [0.25, 0.3) is 0 Å². The van der Waals surface area contributed by atoms with E-state index < -0.39 is 40.4 Å². The Hall–Kier alpha value is -3.23. The van der Waals surface area contributed by atoms with Crippen molar-refractivity contribution in [2.45, 2.75) is 17.9 Å². The summed E-state index contributed by atoms with van der Waals surface area (Å²) in [5, 5.41) is 13.4. The number of nitrogens with zero attached hydrogens (tertiary/aromatic N) is 3. The molecule has 0 saturated heterocycles. The van der Waals surface area contributed by atoms with Gasteiger partial charge in [0.2, 0.25) is 5.91 Å². The lowest BCUT2D eigenvalue weighted by Gasteiger charge is -2.29. The van der Waals surface area contributed by atoms with Gasteiger partial charge in [-0.1, -0.05) is 17.7 Å². The van der Waals surface area contributed by atoms with E-state index in [2.05, 4.69) is 15.6 Å². The molecule has 9 nitrogen and oxygen atoms in total. The molecule has 3 amide bonds. The lowest BCUT2D eigenvalue weighted by Crippen LogP contribution is -2.49. The maximum absolute atomic E-state index is 14.0. The molecule has 150 valence electrons. The van der Waals surface area contributed by atoms with Gasteiger partial charge in [0, 0.05) is 6.20 Å². The van der Waals surface area contributed by atoms with Gasteiger partial charge in [-0.25, -0.2) is 21.9 Å². The van der Waals surface area contributed by atoms with Crippen molar-refractivity contribution in [2.24, 2.45) is 0 Å². The zero-order valence-corrected chi connectivity index (χ0v) is 16.4. The van der Waals surface area contributed by atoms with E-state index in [9.17, 15) is 22.4 Å². The van der Waals surface area contributed by atoms with Crippen LogP contribution < -0.4 is 10.6 Å². The molecule has 0 radical (unpaired) electrons. The number of carbonyl (C=O) groups excluding carboxylic acids is 2. The van der Waals surface area contributed by atoms with E-state index in [1.807, 2.05) is 0 Å². The lowest BCUT2D eigenvalue weighted by atomic mass is 10.1. The zero-order chi connectivity index (χ0) is 21.3. The summed E-state index contributed by atoms with van der Waals surface area (Å²) in [6.07, 6.45) is 1.14. The van der Waals surface area contributed by atoms with E-state index in [0.29, 0.717) is 4.31 Å². The van der Waals surface area contributed by atoms with E-state index in [1.165, 1.54) is 25.1 Å². The van der Waals surface area contributed by atoms with Crippen molar-refractivity contribution < 1.29 is 22.4 Å². The summed E-state index contributed by atoms with van der Waals surface area (Å²) in [4.78, 5) is 28.0. The fourth-order valence-corrected chi connectivity index (χ4v) is 4.69. The van der Waals surface area contributed by atoms with Crippen LogP contribution in [0.5, 0.6) is 0 Å². The van der Waals surface area contributed by atoms with Gasteiger partial charge in [0.05, 0.1) is 28.0 Å². The van der Waals surface area contributed by atoms with Crippen molar-refractivity contribution in [1.29, 1.82) is 5.26 Å². The van der Waals surface area contributed by atoms with Crippen molar-refractivity contribution in [2.75, 3.05) is 11.9 Å². The second-order valence-electron chi connectivity index (χ2n) is 6.05. The molecule has 2 aromatic rings. The number of pyridine rings is 1. The number of sulfonamides is 1. The zero-order valence-electron chi connectivity index (χ0n) is 14.8. The number of hydrogen-bond acceptors (Lipinski definition) is 6. The molecule has 1 aliphatic rings. The second kappa shape index (κ2) is 7.65. The van der Waals surface area contributed by atoms with E-state index in [1.54, 1.807) is 6.07 Å². The van der Waals surface area contributed by atoms with Gasteiger partial charge in [-0.05, 0) is 25.1 Å². The van der Waals surface area contributed by atoms with Crippen LogP contribution in [0, 0.1) is 17.1 Å². The molecule has 0 unspecified atom stereocenters. The van der Waals surface area contributed by atoms with Crippen LogP contribution >= 0.6 is 11.6 Å². The minimum atomic E-state index is -4.37. The highest BCUT2D eigenvalue weighted by atomic mass is 35.5. The number of fused-ring (bicyclic) bond motifs is 1. The summed E-state index contributed by atoms with van der Waals surface area (Å²) in [5.74, 6) is -1.67. The number of carbonyl (C=O) groups is 2. The fraction of sp³-hybridized carbons (Fsp3) is 0.176. The topological polar surface area (TPSA) is 132 Å². The first kappa shape index (κ1) is 20.5. The predicted molar refractivity (Wildman–Crippen MR) is 99.8 cm³/mol. The van der Waals surface area contributed by atoms with E-state index in [-0.39, 0.29) is 26.9 Å². The van der Waals surface area contributed by atoms with Gasteiger partial charge in [-0.3, -0.25) is 9.78 Å². The number of anilines is 1. The van der Waals surface area contributed by atoms with Crippen LogP contribution in [0.3, 0.4) is 0 Å². The first-order valence-electron chi connectivity index (χ1n) is 8.12. The molecule has 1 aromatic heterocycles. The summed E-state index contributed by atoms with van der Waals surface area (Å²) < 4.78 is 39.9. The molecule has 0 aliphatic carbocycles. The molecule has 3 rings (SSSR count). The monoisotopic (exact) mass is 437 g/mol. The maximum Gasteiger partial charge on any atom is 0.336 e. The largest absolute Gasteiger partial charge is 0.346 e. The Morgan fingerprint density at radius 2 is 2.21 bits per heavy atom.